The number of nitrogens with one attached hydrogen (secondary N) is 1. The summed E-state index contributed by atoms with van der Waals surface area (Å²) < 4.78 is 7.84. The van der Waals surface area contributed by atoms with Gasteiger partial charge in [0.15, 0.2) is 5.82 Å². The van der Waals surface area contributed by atoms with E-state index < -0.39 is 0 Å². The van der Waals surface area contributed by atoms with Crippen LogP contribution in [0.3, 0.4) is 0 Å². The number of aromatic nitrogens is 4. The van der Waals surface area contributed by atoms with Crippen molar-refractivity contribution in [1.29, 1.82) is 0 Å². The summed E-state index contributed by atoms with van der Waals surface area (Å²) in [5.74, 6) is 0.924. The molecule has 0 aliphatic carbocycles. The zero-order valence-electron chi connectivity index (χ0n) is 10.3. The lowest BCUT2D eigenvalue weighted by molar-refractivity contribution is 0.0912. The minimum absolute atomic E-state index is 0.189. The number of fused-ring (bicyclic) bond motifs is 2. The van der Waals surface area contributed by atoms with Gasteiger partial charge in [0.1, 0.15) is 0 Å². The molecule has 2 saturated heterocycles. The van der Waals surface area contributed by atoms with E-state index in [0.29, 0.717) is 18.2 Å². The van der Waals surface area contributed by atoms with Gasteiger partial charge in [0.05, 0.1) is 24.3 Å². The summed E-state index contributed by atoms with van der Waals surface area (Å²) in [6.07, 6.45) is 4.14. The van der Waals surface area contributed by atoms with Crippen LogP contribution in [-0.2, 0) is 4.74 Å². The van der Waals surface area contributed by atoms with Crippen LogP contribution in [0.15, 0.2) is 0 Å². The van der Waals surface area contributed by atoms with Gasteiger partial charge in [-0.05, 0) is 43.2 Å². The first-order chi connectivity index (χ1) is 8.29. The Bertz CT molecular complexity index is 393. The van der Waals surface area contributed by atoms with Crippen molar-refractivity contribution in [2.75, 3.05) is 6.54 Å². The van der Waals surface area contributed by atoms with E-state index >= 15 is 0 Å². The second kappa shape index (κ2) is 4.34. The molecule has 1 aromatic rings. The van der Waals surface area contributed by atoms with Crippen molar-refractivity contribution in [3.63, 3.8) is 0 Å². The largest absolute Gasteiger partial charge is 0.373 e. The fourth-order valence-corrected chi connectivity index (χ4v) is 2.99. The number of hydrogen-bond donors (Lipinski definition) is 1. The van der Waals surface area contributed by atoms with Crippen LogP contribution in [0.2, 0.25) is 0 Å². The minimum Gasteiger partial charge on any atom is -0.373 e. The van der Waals surface area contributed by atoms with Gasteiger partial charge in [-0.1, -0.05) is 6.92 Å². The highest BCUT2D eigenvalue weighted by Crippen LogP contribution is 2.41. The summed E-state index contributed by atoms with van der Waals surface area (Å²) in [6.45, 7) is 5.10. The van der Waals surface area contributed by atoms with Gasteiger partial charge in [-0.25, -0.2) is 4.68 Å². The topological polar surface area (TPSA) is 64.9 Å². The second-order valence-electron chi connectivity index (χ2n) is 4.94. The van der Waals surface area contributed by atoms with Crippen LogP contribution < -0.4 is 5.32 Å². The average Bonchev–Trinajstić information content (AvgIpc) is 3.04. The van der Waals surface area contributed by atoms with Crippen LogP contribution >= 0.6 is 0 Å². The normalized spacial score (nSPS) is 33.2. The molecular formula is C11H19N5O. The summed E-state index contributed by atoms with van der Waals surface area (Å²) in [5.41, 5.74) is 0. The lowest BCUT2D eigenvalue weighted by atomic mass is 9.95. The Morgan fingerprint density at radius 1 is 1.53 bits per heavy atom. The van der Waals surface area contributed by atoms with E-state index in [4.69, 9.17) is 4.74 Å². The molecule has 3 rings (SSSR count). The zero-order chi connectivity index (χ0) is 11.8. The maximum Gasteiger partial charge on any atom is 0.168 e. The van der Waals surface area contributed by atoms with Gasteiger partial charge in [0, 0.05) is 0 Å². The maximum atomic E-state index is 5.87. The van der Waals surface area contributed by atoms with Crippen LogP contribution in [0.4, 0.5) is 0 Å². The summed E-state index contributed by atoms with van der Waals surface area (Å²) in [4.78, 5) is 0. The number of hydrogen-bond acceptors (Lipinski definition) is 5. The van der Waals surface area contributed by atoms with Crippen LogP contribution in [0.5, 0.6) is 0 Å². The second-order valence-corrected chi connectivity index (χ2v) is 4.94. The molecule has 0 amide bonds. The molecule has 0 spiro atoms. The molecule has 2 aliphatic heterocycles. The number of nitrogens with zero attached hydrogens (tertiary/aromatic N) is 4. The molecule has 1 aromatic heterocycles. The predicted octanol–water partition coefficient (Wildman–Crippen LogP) is 0.836. The summed E-state index contributed by atoms with van der Waals surface area (Å²) in [6, 6.07) is 0.522. The lowest BCUT2D eigenvalue weighted by Gasteiger charge is -2.21. The molecule has 6 nitrogen and oxygen atoms in total. The molecule has 6 heteroatoms. The molecule has 4 unspecified atom stereocenters. The first kappa shape index (κ1) is 11.1. The molecule has 0 saturated carbocycles. The van der Waals surface area contributed by atoms with Crippen molar-refractivity contribution in [3.8, 4) is 0 Å². The van der Waals surface area contributed by atoms with Crippen molar-refractivity contribution >= 4 is 0 Å². The van der Waals surface area contributed by atoms with Crippen molar-refractivity contribution in [3.05, 3.63) is 5.82 Å². The minimum atomic E-state index is 0.189. The van der Waals surface area contributed by atoms with Crippen LogP contribution in [-0.4, -0.2) is 39.0 Å². The Kier molecular flexibility index (Phi) is 2.84. The Morgan fingerprint density at radius 3 is 3.06 bits per heavy atom. The fourth-order valence-electron chi connectivity index (χ4n) is 2.99. The van der Waals surface area contributed by atoms with Gasteiger partial charge in [-0.2, -0.15) is 0 Å². The van der Waals surface area contributed by atoms with Crippen LogP contribution in [0, 0.1) is 0 Å². The maximum absolute atomic E-state index is 5.87. The van der Waals surface area contributed by atoms with Crippen molar-refractivity contribution in [2.45, 2.75) is 57.4 Å². The van der Waals surface area contributed by atoms with Crippen molar-refractivity contribution in [1.82, 2.24) is 25.5 Å². The van der Waals surface area contributed by atoms with Gasteiger partial charge in [0.25, 0.3) is 0 Å². The number of ether oxygens (including phenoxy) is 1. The highest BCUT2D eigenvalue weighted by atomic mass is 16.5. The van der Waals surface area contributed by atoms with Crippen LogP contribution in [0.1, 0.15) is 51.0 Å². The quantitative estimate of drug-likeness (QED) is 0.840. The molecule has 2 fully saturated rings. The van der Waals surface area contributed by atoms with Crippen molar-refractivity contribution < 1.29 is 4.74 Å². The first-order valence-corrected chi connectivity index (χ1v) is 6.46. The molecule has 2 bridgehead atoms. The molecule has 2 aliphatic rings. The monoisotopic (exact) mass is 237 g/mol. The molecule has 3 heterocycles. The Hall–Kier alpha value is -1.01. The summed E-state index contributed by atoms with van der Waals surface area (Å²) in [7, 11) is 0. The Morgan fingerprint density at radius 2 is 2.41 bits per heavy atom. The van der Waals surface area contributed by atoms with Crippen molar-refractivity contribution in [2.24, 2.45) is 0 Å². The summed E-state index contributed by atoms with van der Waals surface area (Å²) >= 11 is 0. The fraction of sp³-hybridized carbons (Fsp3) is 0.909. The third-order valence-corrected chi connectivity index (χ3v) is 3.80. The van der Waals surface area contributed by atoms with E-state index in [-0.39, 0.29) is 6.04 Å². The smallest absolute Gasteiger partial charge is 0.168 e. The van der Waals surface area contributed by atoms with E-state index in [1.54, 1.807) is 0 Å². The average molecular weight is 237 g/mol. The van der Waals surface area contributed by atoms with E-state index in [1.807, 2.05) is 4.68 Å². The van der Waals surface area contributed by atoms with Gasteiger partial charge in [-0.3, -0.25) is 0 Å². The van der Waals surface area contributed by atoms with E-state index in [9.17, 15) is 0 Å². The van der Waals surface area contributed by atoms with Gasteiger partial charge < -0.3 is 10.1 Å². The molecule has 0 aromatic carbocycles. The van der Waals surface area contributed by atoms with E-state index in [1.165, 1.54) is 6.42 Å². The third-order valence-electron chi connectivity index (χ3n) is 3.80. The lowest BCUT2D eigenvalue weighted by Crippen LogP contribution is -2.28. The highest BCUT2D eigenvalue weighted by molar-refractivity contribution is 4.99. The first-order valence-electron chi connectivity index (χ1n) is 6.46. The summed E-state index contributed by atoms with van der Waals surface area (Å²) in [5, 5.41) is 15.5. The number of rotatable bonds is 4. The Labute approximate surface area is 101 Å². The molecule has 17 heavy (non-hydrogen) atoms. The standard InChI is InChI=1S/C11H19N5O/c1-3-12-7(2)11-13-14-15-16(11)9-6-8-4-5-10(9)17-8/h7-10,12H,3-6H2,1-2H3. The molecular weight excluding hydrogens is 218 g/mol. The number of tetrazole rings is 1. The van der Waals surface area contributed by atoms with Gasteiger partial charge in [-0.15, -0.1) is 5.10 Å². The van der Waals surface area contributed by atoms with E-state index in [0.717, 1.165) is 25.2 Å². The van der Waals surface area contributed by atoms with E-state index in [2.05, 4.69) is 34.7 Å². The van der Waals surface area contributed by atoms with Gasteiger partial charge in [0.2, 0.25) is 0 Å². The molecule has 0 radical (unpaired) electrons. The molecule has 1 N–H and O–H groups in total. The van der Waals surface area contributed by atoms with Crippen LogP contribution in [0.25, 0.3) is 0 Å². The Balaban J connectivity index is 1.81. The molecule has 4 atom stereocenters. The predicted molar refractivity (Wildman–Crippen MR) is 61.5 cm³/mol. The SMILES string of the molecule is CCNC(C)c1nnnn1C1CC2CCC1O2. The molecule has 94 valence electrons. The zero-order valence-corrected chi connectivity index (χ0v) is 10.3. The van der Waals surface area contributed by atoms with Gasteiger partial charge >= 0.3 is 0 Å². The highest BCUT2D eigenvalue weighted by Gasteiger charge is 2.43. The third kappa shape index (κ3) is 1.85.